The molecule has 0 aliphatic heterocycles. The van der Waals surface area contributed by atoms with Gasteiger partial charge >= 0.3 is 11.9 Å². The molecule has 1 unspecified atom stereocenters. The number of carbonyl (C=O) groups excluding carboxylic acids is 2. The summed E-state index contributed by atoms with van der Waals surface area (Å²) >= 11 is 0. The van der Waals surface area contributed by atoms with E-state index < -0.39 is 18.0 Å². The molecule has 4 rings (SSSR count). The Labute approximate surface area is 227 Å². The lowest BCUT2D eigenvalue weighted by Crippen LogP contribution is -2.25. The van der Waals surface area contributed by atoms with Crippen LogP contribution in [-0.2, 0) is 34.1 Å². The normalized spacial score (nSPS) is 11.2. The molecule has 0 aliphatic carbocycles. The average Bonchev–Trinajstić information content (AvgIpc) is 2.99. The molecular formula is C32H30O7. The first-order valence-corrected chi connectivity index (χ1v) is 12.5. The van der Waals surface area contributed by atoms with Crippen LogP contribution in [0.2, 0.25) is 0 Å². The number of ether oxygens (including phenoxy) is 5. The summed E-state index contributed by atoms with van der Waals surface area (Å²) in [6.45, 7) is 2.17. The van der Waals surface area contributed by atoms with Gasteiger partial charge in [0.15, 0.2) is 17.6 Å². The lowest BCUT2D eigenvalue weighted by atomic mass is 10.1. The molecule has 7 heteroatoms. The quantitative estimate of drug-likeness (QED) is 0.205. The SMILES string of the molecule is COC(=O)C(C)OC(=O)c1cc(OCc2ccccc2)c(OCc2ccccc2)c(OCc2ccccc2)c1. The zero-order valence-electron chi connectivity index (χ0n) is 21.9. The van der Waals surface area contributed by atoms with Gasteiger partial charge in [-0.05, 0) is 35.7 Å². The highest BCUT2D eigenvalue weighted by molar-refractivity contribution is 5.93. The van der Waals surface area contributed by atoms with Gasteiger partial charge in [0.2, 0.25) is 5.75 Å². The molecule has 0 bridgehead atoms. The first-order valence-electron chi connectivity index (χ1n) is 12.5. The van der Waals surface area contributed by atoms with E-state index in [9.17, 15) is 9.59 Å². The van der Waals surface area contributed by atoms with E-state index in [4.69, 9.17) is 18.9 Å². The van der Waals surface area contributed by atoms with Crippen molar-refractivity contribution in [1.82, 2.24) is 0 Å². The first-order chi connectivity index (χ1) is 19.0. The minimum atomic E-state index is -1.08. The van der Waals surface area contributed by atoms with E-state index in [1.807, 2.05) is 91.0 Å². The van der Waals surface area contributed by atoms with Crippen LogP contribution in [0.25, 0.3) is 0 Å². The van der Waals surface area contributed by atoms with Gasteiger partial charge in [-0.3, -0.25) is 0 Å². The van der Waals surface area contributed by atoms with Gasteiger partial charge in [-0.1, -0.05) is 91.0 Å². The summed E-state index contributed by atoms with van der Waals surface area (Å²) in [6, 6.07) is 32.0. The van der Waals surface area contributed by atoms with Crippen molar-refractivity contribution in [1.29, 1.82) is 0 Å². The van der Waals surface area contributed by atoms with Crippen LogP contribution in [0.4, 0.5) is 0 Å². The van der Waals surface area contributed by atoms with Gasteiger partial charge in [-0.2, -0.15) is 0 Å². The van der Waals surface area contributed by atoms with E-state index in [-0.39, 0.29) is 25.4 Å². The highest BCUT2D eigenvalue weighted by atomic mass is 16.6. The molecule has 0 radical (unpaired) electrons. The van der Waals surface area contributed by atoms with Crippen LogP contribution < -0.4 is 14.2 Å². The van der Waals surface area contributed by atoms with Crippen molar-refractivity contribution in [3.63, 3.8) is 0 Å². The predicted octanol–water partition coefficient (Wildman–Crippen LogP) is 6.14. The summed E-state index contributed by atoms with van der Waals surface area (Å²) < 4.78 is 28.6. The van der Waals surface area contributed by atoms with Crippen molar-refractivity contribution < 1.29 is 33.3 Å². The van der Waals surface area contributed by atoms with E-state index in [2.05, 4.69) is 4.74 Å². The zero-order valence-corrected chi connectivity index (χ0v) is 21.9. The minimum absolute atomic E-state index is 0.143. The third kappa shape index (κ3) is 7.85. The highest BCUT2D eigenvalue weighted by Gasteiger charge is 2.24. The van der Waals surface area contributed by atoms with Crippen LogP contribution in [0.15, 0.2) is 103 Å². The molecule has 0 saturated carbocycles. The van der Waals surface area contributed by atoms with Gasteiger partial charge in [0.25, 0.3) is 0 Å². The van der Waals surface area contributed by atoms with Crippen molar-refractivity contribution >= 4 is 11.9 Å². The second-order valence-electron chi connectivity index (χ2n) is 8.70. The maximum atomic E-state index is 13.0. The van der Waals surface area contributed by atoms with Crippen LogP contribution in [0, 0.1) is 0 Å². The molecule has 1 atom stereocenters. The Hall–Kier alpha value is -4.78. The number of benzene rings is 4. The number of hydrogen-bond acceptors (Lipinski definition) is 7. The van der Waals surface area contributed by atoms with Crippen molar-refractivity contribution in [3.8, 4) is 17.2 Å². The van der Waals surface area contributed by atoms with Crippen molar-refractivity contribution in [2.45, 2.75) is 32.8 Å². The van der Waals surface area contributed by atoms with Crippen molar-refractivity contribution in [3.05, 3.63) is 125 Å². The summed E-state index contributed by atoms with van der Waals surface area (Å²) in [5.41, 5.74) is 2.97. The minimum Gasteiger partial charge on any atom is -0.485 e. The lowest BCUT2D eigenvalue weighted by molar-refractivity contribution is -0.149. The fraction of sp³-hybridized carbons (Fsp3) is 0.188. The van der Waals surface area contributed by atoms with Crippen LogP contribution in [0.1, 0.15) is 34.0 Å². The Bertz CT molecular complexity index is 1290. The average molecular weight is 527 g/mol. The number of methoxy groups -OCH3 is 1. The topological polar surface area (TPSA) is 80.3 Å². The van der Waals surface area contributed by atoms with Gasteiger partial charge in [0.05, 0.1) is 12.7 Å². The maximum Gasteiger partial charge on any atom is 0.346 e. The molecular weight excluding hydrogens is 496 g/mol. The molecule has 0 saturated heterocycles. The molecule has 0 fully saturated rings. The zero-order chi connectivity index (χ0) is 27.5. The monoisotopic (exact) mass is 526 g/mol. The van der Waals surface area contributed by atoms with Gasteiger partial charge in [0.1, 0.15) is 19.8 Å². The molecule has 200 valence electrons. The fourth-order valence-corrected chi connectivity index (χ4v) is 3.69. The summed E-state index contributed by atoms with van der Waals surface area (Å²) in [5, 5.41) is 0. The molecule has 0 aliphatic rings. The summed E-state index contributed by atoms with van der Waals surface area (Å²) in [4.78, 5) is 24.9. The Balaban J connectivity index is 1.69. The molecule has 4 aromatic rings. The molecule has 39 heavy (non-hydrogen) atoms. The van der Waals surface area contributed by atoms with E-state index in [1.165, 1.54) is 26.2 Å². The maximum absolute atomic E-state index is 13.0. The van der Waals surface area contributed by atoms with Gasteiger partial charge in [-0.25, -0.2) is 9.59 Å². The second-order valence-corrected chi connectivity index (χ2v) is 8.70. The number of rotatable bonds is 12. The Morgan fingerprint density at radius 1 is 0.641 bits per heavy atom. The molecule has 0 aromatic heterocycles. The van der Waals surface area contributed by atoms with Crippen molar-refractivity contribution in [2.75, 3.05) is 7.11 Å². The third-order valence-corrected chi connectivity index (χ3v) is 5.77. The predicted molar refractivity (Wildman–Crippen MR) is 146 cm³/mol. The van der Waals surface area contributed by atoms with Crippen LogP contribution >= 0.6 is 0 Å². The Kier molecular flexibility index (Phi) is 9.56. The summed E-state index contributed by atoms with van der Waals surface area (Å²) in [7, 11) is 1.23. The molecule has 0 heterocycles. The van der Waals surface area contributed by atoms with Crippen LogP contribution in [0.3, 0.4) is 0 Å². The number of carbonyl (C=O) groups is 2. The van der Waals surface area contributed by atoms with E-state index in [0.29, 0.717) is 17.2 Å². The smallest absolute Gasteiger partial charge is 0.346 e. The van der Waals surface area contributed by atoms with Crippen LogP contribution in [-0.4, -0.2) is 25.2 Å². The Morgan fingerprint density at radius 3 is 1.46 bits per heavy atom. The largest absolute Gasteiger partial charge is 0.485 e. The molecule has 0 spiro atoms. The third-order valence-electron chi connectivity index (χ3n) is 5.77. The lowest BCUT2D eigenvalue weighted by Gasteiger charge is -2.19. The Morgan fingerprint density at radius 2 is 1.05 bits per heavy atom. The number of esters is 2. The van der Waals surface area contributed by atoms with Gasteiger partial charge < -0.3 is 23.7 Å². The summed E-state index contributed by atoms with van der Waals surface area (Å²) in [5.74, 6) is -0.428. The molecule has 0 N–H and O–H groups in total. The highest BCUT2D eigenvalue weighted by Crippen LogP contribution is 2.40. The van der Waals surface area contributed by atoms with E-state index in [1.54, 1.807) is 0 Å². The van der Waals surface area contributed by atoms with E-state index >= 15 is 0 Å². The number of hydrogen-bond donors (Lipinski definition) is 0. The molecule has 7 nitrogen and oxygen atoms in total. The summed E-state index contributed by atoms with van der Waals surface area (Å²) in [6.07, 6.45) is -1.08. The van der Waals surface area contributed by atoms with Crippen molar-refractivity contribution in [2.24, 2.45) is 0 Å². The standard InChI is InChI=1S/C32H30O7/c1-23(31(33)35-2)39-32(34)27-18-28(36-20-24-12-6-3-7-13-24)30(38-22-26-16-10-5-11-17-26)29(19-27)37-21-25-14-8-4-9-15-25/h3-19,23H,20-22H2,1-2H3. The first kappa shape index (κ1) is 27.3. The van der Waals surface area contributed by atoms with Gasteiger partial charge in [0, 0.05) is 0 Å². The van der Waals surface area contributed by atoms with Crippen LogP contribution in [0.5, 0.6) is 17.2 Å². The molecule has 4 aromatic carbocycles. The van der Waals surface area contributed by atoms with E-state index in [0.717, 1.165) is 16.7 Å². The fourth-order valence-electron chi connectivity index (χ4n) is 3.69. The van der Waals surface area contributed by atoms with Gasteiger partial charge in [-0.15, -0.1) is 0 Å². The molecule has 0 amide bonds. The second kappa shape index (κ2) is 13.7.